The van der Waals surface area contributed by atoms with Crippen molar-refractivity contribution < 1.29 is 5.11 Å². The van der Waals surface area contributed by atoms with Crippen molar-refractivity contribution in [2.75, 3.05) is 6.54 Å². The topological polar surface area (TPSA) is 32.3 Å². The maximum atomic E-state index is 9.93. The molecular formula is C13H16ClNO. The van der Waals surface area contributed by atoms with Crippen LogP contribution in [0, 0.1) is 12.3 Å². The van der Waals surface area contributed by atoms with Crippen molar-refractivity contribution >= 4 is 11.6 Å². The first-order valence-corrected chi connectivity index (χ1v) is 5.68. The lowest BCUT2D eigenvalue weighted by molar-refractivity contribution is 0.172. The van der Waals surface area contributed by atoms with Crippen molar-refractivity contribution in [2.24, 2.45) is 0 Å². The molecule has 0 saturated heterocycles. The van der Waals surface area contributed by atoms with Crippen LogP contribution in [0.25, 0.3) is 0 Å². The van der Waals surface area contributed by atoms with E-state index in [0.29, 0.717) is 11.6 Å². The highest BCUT2D eigenvalue weighted by molar-refractivity contribution is 6.31. The molecule has 86 valence electrons. The van der Waals surface area contributed by atoms with Gasteiger partial charge in [0, 0.05) is 17.1 Å². The first-order chi connectivity index (χ1) is 7.69. The largest absolute Gasteiger partial charge is 0.387 e. The predicted molar refractivity (Wildman–Crippen MR) is 67.3 cm³/mol. The Labute approximate surface area is 102 Å². The Morgan fingerprint density at radius 1 is 1.50 bits per heavy atom. The van der Waals surface area contributed by atoms with Crippen molar-refractivity contribution in [2.45, 2.75) is 25.5 Å². The summed E-state index contributed by atoms with van der Waals surface area (Å²) in [5.74, 6) is 2.62. The quantitative estimate of drug-likeness (QED) is 0.771. The van der Waals surface area contributed by atoms with Crippen LogP contribution in [0.15, 0.2) is 24.3 Å². The normalized spacial score (nSPS) is 14.1. The van der Waals surface area contributed by atoms with Gasteiger partial charge in [0.05, 0.1) is 12.1 Å². The lowest BCUT2D eigenvalue weighted by atomic mass is 10.1. The monoisotopic (exact) mass is 237 g/mol. The third kappa shape index (κ3) is 3.53. The van der Waals surface area contributed by atoms with Crippen molar-refractivity contribution in [1.82, 2.24) is 5.32 Å². The van der Waals surface area contributed by atoms with E-state index in [-0.39, 0.29) is 6.04 Å². The molecule has 0 amide bonds. The Kier molecular flexibility index (Phi) is 5.34. The molecule has 1 aromatic carbocycles. The molecule has 0 fully saturated rings. The third-order valence-corrected chi connectivity index (χ3v) is 2.78. The molecule has 0 heterocycles. The van der Waals surface area contributed by atoms with Gasteiger partial charge in [0.1, 0.15) is 0 Å². The van der Waals surface area contributed by atoms with Gasteiger partial charge < -0.3 is 10.4 Å². The Morgan fingerprint density at radius 2 is 2.19 bits per heavy atom. The molecule has 2 unspecified atom stereocenters. The summed E-state index contributed by atoms with van der Waals surface area (Å²) in [5.41, 5.74) is 0.726. The zero-order chi connectivity index (χ0) is 12.0. The molecule has 3 heteroatoms. The molecule has 0 saturated carbocycles. The number of aliphatic hydroxyl groups excluding tert-OH is 1. The molecule has 1 rings (SSSR count). The third-order valence-electron chi connectivity index (χ3n) is 2.43. The molecule has 0 aliphatic heterocycles. The van der Waals surface area contributed by atoms with Crippen LogP contribution in [-0.2, 0) is 0 Å². The fourth-order valence-corrected chi connectivity index (χ4v) is 1.69. The lowest BCUT2D eigenvalue weighted by Crippen LogP contribution is -2.31. The van der Waals surface area contributed by atoms with E-state index >= 15 is 0 Å². The maximum Gasteiger partial charge on any atom is 0.0929 e. The number of nitrogens with one attached hydrogen (secondary N) is 1. The summed E-state index contributed by atoms with van der Waals surface area (Å²) in [4.78, 5) is 0. The molecule has 0 bridgehead atoms. The van der Waals surface area contributed by atoms with Crippen LogP contribution in [-0.4, -0.2) is 17.7 Å². The minimum absolute atomic E-state index is 0.00265. The highest BCUT2D eigenvalue weighted by atomic mass is 35.5. The molecule has 2 nitrogen and oxygen atoms in total. The van der Waals surface area contributed by atoms with Crippen LogP contribution in [0.2, 0.25) is 5.02 Å². The summed E-state index contributed by atoms with van der Waals surface area (Å²) in [6.45, 7) is 2.41. The van der Waals surface area contributed by atoms with E-state index in [4.69, 9.17) is 18.0 Å². The fourth-order valence-electron chi connectivity index (χ4n) is 1.43. The first kappa shape index (κ1) is 13.1. The number of halogens is 1. The highest BCUT2D eigenvalue weighted by Crippen LogP contribution is 2.21. The van der Waals surface area contributed by atoms with Gasteiger partial charge in [0.25, 0.3) is 0 Å². The van der Waals surface area contributed by atoms with Crippen molar-refractivity contribution in [3.63, 3.8) is 0 Å². The van der Waals surface area contributed by atoms with Crippen molar-refractivity contribution in [3.05, 3.63) is 34.9 Å². The first-order valence-electron chi connectivity index (χ1n) is 5.31. The summed E-state index contributed by atoms with van der Waals surface area (Å²) in [5, 5.41) is 13.6. The molecule has 0 aliphatic rings. The van der Waals surface area contributed by atoms with Crippen LogP contribution in [0.4, 0.5) is 0 Å². The number of hydrogen-bond acceptors (Lipinski definition) is 2. The summed E-state index contributed by atoms with van der Waals surface area (Å²) >= 11 is 5.97. The average molecular weight is 238 g/mol. The molecule has 0 spiro atoms. The number of terminal acetylenes is 1. The van der Waals surface area contributed by atoms with Gasteiger partial charge >= 0.3 is 0 Å². The summed E-state index contributed by atoms with van der Waals surface area (Å²) < 4.78 is 0. The minimum Gasteiger partial charge on any atom is -0.387 e. The minimum atomic E-state index is -0.629. The Morgan fingerprint density at radius 3 is 2.75 bits per heavy atom. The van der Waals surface area contributed by atoms with E-state index in [2.05, 4.69) is 11.2 Å². The van der Waals surface area contributed by atoms with Crippen LogP contribution in [0.1, 0.15) is 25.0 Å². The maximum absolute atomic E-state index is 9.93. The molecular weight excluding hydrogens is 222 g/mol. The van der Waals surface area contributed by atoms with E-state index in [0.717, 1.165) is 12.0 Å². The zero-order valence-electron chi connectivity index (χ0n) is 9.28. The standard InChI is InChI=1S/C13H16ClNO/c1-3-10(4-2)15-9-13(16)11-7-5-6-8-12(11)14/h1,5-8,10,13,15-16H,4,9H2,2H3. The Bertz CT molecular complexity index is 372. The van der Waals surface area contributed by atoms with Gasteiger partial charge in [-0.3, -0.25) is 0 Å². The second kappa shape index (κ2) is 6.55. The molecule has 0 aliphatic carbocycles. The average Bonchev–Trinajstić information content (AvgIpc) is 2.30. The Balaban J connectivity index is 2.57. The SMILES string of the molecule is C#CC(CC)NCC(O)c1ccccc1Cl. The van der Waals surface area contributed by atoms with Gasteiger partial charge in [-0.2, -0.15) is 0 Å². The second-order valence-electron chi connectivity index (χ2n) is 3.57. The van der Waals surface area contributed by atoms with Crippen molar-refractivity contribution in [3.8, 4) is 12.3 Å². The van der Waals surface area contributed by atoms with Gasteiger partial charge in [-0.1, -0.05) is 42.6 Å². The molecule has 2 atom stereocenters. The number of rotatable bonds is 5. The molecule has 16 heavy (non-hydrogen) atoms. The molecule has 1 aromatic rings. The smallest absolute Gasteiger partial charge is 0.0929 e. The summed E-state index contributed by atoms with van der Waals surface area (Å²) in [7, 11) is 0. The zero-order valence-corrected chi connectivity index (χ0v) is 10.0. The second-order valence-corrected chi connectivity index (χ2v) is 3.98. The van der Waals surface area contributed by atoms with Crippen LogP contribution in [0.5, 0.6) is 0 Å². The predicted octanol–water partition coefficient (Wildman–Crippen LogP) is 2.37. The molecule has 0 radical (unpaired) electrons. The number of benzene rings is 1. The van der Waals surface area contributed by atoms with Gasteiger partial charge in [0.15, 0.2) is 0 Å². The van der Waals surface area contributed by atoms with E-state index < -0.39 is 6.10 Å². The van der Waals surface area contributed by atoms with Gasteiger partial charge in [-0.15, -0.1) is 6.42 Å². The van der Waals surface area contributed by atoms with E-state index in [9.17, 15) is 5.11 Å². The van der Waals surface area contributed by atoms with Gasteiger partial charge in [0.2, 0.25) is 0 Å². The van der Waals surface area contributed by atoms with E-state index in [1.807, 2.05) is 25.1 Å². The highest BCUT2D eigenvalue weighted by Gasteiger charge is 2.11. The van der Waals surface area contributed by atoms with Crippen molar-refractivity contribution in [1.29, 1.82) is 0 Å². The summed E-state index contributed by atoms with van der Waals surface area (Å²) in [6, 6.07) is 7.26. The Hall–Kier alpha value is -1.01. The van der Waals surface area contributed by atoms with E-state index in [1.54, 1.807) is 6.07 Å². The van der Waals surface area contributed by atoms with Crippen LogP contribution in [0.3, 0.4) is 0 Å². The van der Waals surface area contributed by atoms with Gasteiger partial charge in [-0.25, -0.2) is 0 Å². The number of hydrogen-bond donors (Lipinski definition) is 2. The summed E-state index contributed by atoms with van der Waals surface area (Å²) in [6.07, 6.45) is 5.53. The van der Waals surface area contributed by atoms with Gasteiger partial charge in [-0.05, 0) is 12.5 Å². The molecule has 0 aromatic heterocycles. The fraction of sp³-hybridized carbons (Fsp3) is 0.385. The number of aliphatic hydroxyl groups is 1. The lowest BCUT2D eigenvalue weighted by Gasteiger charge is -2.16. The van der Waals surface area contributed by atoms with Crippen LogP contribution < -0.4 is 5.32 Å². The van der Waals surface area contributed by atoms with E-state index in [1.165, 1.54) is 0 Å². The van der Waals surface area contributed by atoms with Crippen LogP contribution >= 0.6 is 11.6 Å². The molecule has 2 N–H and O–H groups in total.